The van der Waals surface area contributed by atoms with E-state index in [4.69, 9.17) is 12.2 Å². The van der Waals surface area contributed by atoms with E-state index in [0.717, 1.165) is 35.5 Å². The first-order valence-corrected chi connectivity index (χ1v) is 6.85. The average molecular weight is 274 g/mol. The van der Waals surface area contributed by atoms with Crippen molar-refractivity contribution < 1.29 is 4.39 Å². The normalized spacial score (nSPS) is 14.7. The molecule has 1 saturated carbocycles. The maximum Gasteiger partial charge on any atom is 0.133 e. The highest BCUT2D eigenvalue weighted by molar-refractivity contribution is 7.71. The van der Waals surface area contributed by atoms with Gasteiger partial charge in [0.05, 0.1) is 5.69 Å². The monoisotopic (exact) mass is 274 g/mol. The van der Waals surface area contributed by atoms with Crippen LogP contribution in [-0.4, -0.2) is 9.97 Å². The molecule has 0 atom stereocenters. The van der Waals surface area contributed by atoms with Crippen molar-refractivity contribution in [1.82, 2.24) is 9.97 Å². The molecule has 98 valence electrons. The Balaban J connectivity index is 2.23. The molecule has 1 N–H and O–H groups in total. The number of rotatable bonds is 2. The summed E-state index contributed by atoms with van der Waals surface area (Å²) in [4.78, 5) is 7.79. The first kappa shape index (κ1) is 12.5. The van der Waals surface area contributed by atoms with Gasteiger partial charge in [0.1, 0.15) is 16.3 Å². The number of hydrogen-bond donors (Lipinski definition) is 1. The summed E-state index contributed by atoms with van der Waals surface area (Å²) in [5.41, 5.74) is 3.32. The van der Waals surface area contributed by atoms with Crippen LogP contribution in [0.2, 0.25) is 0 Å². The summed E-state index contributed by atoms with van der Waals surface area (Å²) in [6.07, 6.45) is 2.31. The van der Waals surface area contributed by atoms with Crippen LogP contribution in [-0.2, 0) is 0 Å². The molecule has 19 heavy (non-hydrogen) atoms. The van der Waals surface area contributed by atoms with Crippen LogP contribution in [0.15, 0.2) is 18.2 Å². The number of benzene rings is 1. The van der Waals surface area contributed by atoms with Crippen molar-refractivity contribution in [3.05, 3.63) is 45.6 Å². The first-order chi connectivity index (χ1) is 9.08. The highest BCUT2D eigenvalue weighted by Gasteiger charge is 2.27. The summed E-state index contributed by atoms with van der Waals surface area (Å²) in [6.45, 7) is 3.72. The van der Waals surface area contributed by atoms with Crippen LogP contribution in [0.1, 0.15) is 35.7 Å². The summed E-state index contributed by atoms with van der Waals surface area (Å²) in [5, 5.41) is 0. The van der Waals surface area contributed by atoms with Crippen LogP contribution < -0.4 is 0 Å². The van der Waals surface area contributed by atoms with Gasteiger partial charge in [0.2, 0.25) is 0 Å². The molecule has 0 amide bonds. The van der Waals surface area contributed by atoms with E-state index in [1.54, 1.807) is 13.0 Å². The number of aromatic amines is 1. The minimum Gasteiger partial charge on any atom is -0.343 e. The maximum absolute atomic E-state index is 13.7. The molecule has 3 rings (SSSR count). The fourth-order valence-corrected chi connectivity index (χ4v) is 2.45. The van der Waals surface area contributed by atoms with Gasteiger partial charge in [-0.15, -0.1) is 0 Å². The molecule has 1 aliphatic carbocycles. The fourth-order valence-electron chi connectivity index (χ4n) is 2.25. The second-order valence-corrected chi connectivity index (χ2v) is 5.50. The van der Waals surface area contributed by atoms with E-state index in [9.17, 15) is 4.39 Å². The molecule has 0 spiro atoms. The Bertz CT molecular complexity index is 702. The molecule has 1 fully saturated rings. The average Bonchev–Trinajstić information content (AvgIpc) is 3.20. The lowest BCUT2D eigenvalue weighted by atomic mass is 10.0. The van der Waals surface area contributed by atoms with Crippen LogP contribution >= 0.6 is 12.2 Å². The molecule has 0 radical (unpaired) electrons. The number of aromatic nitrogens is 2. The predicted molar refractivity (Wildman–Crippen MR) is 76.3 cm³/mol. The first-order valence-electron chi connectivity index (χ1n) is 6.44. The van der Waals surface area contributed by atoms with Gasteiger partial charge in [0.15, 0.2) is 0 Å². The number of nitrogens with zero attached hydrogens (tertiary/aromatic N) is 1. The molecule has 4 heteroatoms. The van der Waals surface area contributed by atoms with Crippen LogP contribution in [0.4, 0.5) is 4.39 Å². The molecule has 0 saturated heterocycles. The maximum atomic E-state index is 13.7. The Kier molecular flexibility index (Phi) is 2.97. The summed E-state index contributed by atoms with van der Waals surface area (Å²) >= 11 is 5.33. The smallest absolute Gasteiger partial charge is 0.133 e. The molecular formula is C15H15FN2S. The van der Waals surface area contributed by atoms with Gasteiger partial charge in [0, 0.05) is 17.0 Å². The molecule has 1 heterocycles. The molecule has 1 aromatic heterocycles. The zero-order chi connectivity index (χ0) is 13.6. The largest absolute Gasteiger partial charge is 0.343 e. The van der Waals surface area contributed by atoms with E-state index in [-0.39, 0.29) is 5.82 Å². The molecule has 1 aromatic carbocycles. The van der Waals surface area contributed by atoms with Crippen molar-refractivity contribution in [2.24, 2.45) is 0 Å². The Morgan fingerprint density at radius 3 is 2.68 bits per heavy atom. The Hall–Kier alpha value is -1.55. The van der Waals surface area contributed by atoms with E-state index in [1.165, 1.54) is 6.07 Å². The minimum absolute atomic E-state index is 0.194. The summed E-state index contributed by atoms with van der Waals surface area (Å²) in [5.74, 6) is 1.24. The third kappa shape index (κ3) is 2.21. The minimum atomic E-state index is -0.194. The van der Waals surface area contributed by atoms with Crippen molar-refractivity contribution in [1.29, 1.82) is 0 Å². The van der Waals surface area contributed by atoms with Crippen molar-refractivity contribution in [2.45, 2.75) is 32.6 Å². The van der Waals surface area contributed by atoms with Crippen molar-refractivity contribution in [3.63, 3.8) is 0 Å². The van der Waals surface area contributed by atoms with Crippen molar-refractivity contribution >= 4 is 12.2 Å². The number of H-pyrrole nitrogens is 1. The number of hydrogen-bond acceptors (Lipinski definition) is 2. The van der Waals surface area contributed by atoms with Crippen LogP contribution in [0.3, 0.4) is 0 Å². The Morgan fingerprint density at radius 2 is 2.00 bits per heavy atom. The van der Waals surface area contributed by atoms with Gasteiger partial charge in [-0.05, 0) is 38.3 Å². The van der Waals surface area contributed by atoms with Crippen molar-refractivity contribution in [2.75, 3.05) is 0 Å². The van der Waals surface area contributed by atoms with Gasteiger partial charge in [-0.2, -0.15) is 0 Å². The predicted octanol–water partition coefficient (Wildman–Crippen LogP) is 4.44. The van der Waals surface area contributed by atoms with E-state index in [1.807, 2.05) is 13.0 Å². The van der Waals surface area contributed by atoms with E-state index >= 15 is 0 Å². The van der Waals surface area contributed by atoms with E-state index in [0.29, 0.717) is 16.1 Å². The third-order valence-corrected chi connectivity index (χ3v) is 4.07. The molecule has 0 bridgehead atoms. The topological polar surface area (TPSA) is 28.7 Å². The van der Waals surface area contributed by atoms with Crippen LogP contribution in [0, 0.1) is 24.3 Å². The highest BCUT2D eigenvalue weighted by Crippen LogP contribution is 2.39. The van der Waals surface area contributed by atoms with Gasteiger partial charge >= 0.3 is 0 Å². The summed E-state index contributed by atoms with van der Waals surface area (Å²) in [7, 11) is 0. The van der Waals surface area contributed by atoms with Gasteiger partial charge in [0.25, 0.3) is 0 Å². The van der Waals surface area contributed by atoms with Crippen LogP contribution in [0.5, 0.6) is 0 Å². The van der Waals surface area contributed by atoms with Gasteiger partial charge in [-0.25, -0.2) is 9.37 Å². The van der Waals surface area contributed by atoms with Crippen molar-refractivity contribution in [3.8, 4) is 11.3 Å². The standard InChI is InChI=1S/C15H15FN2S/c1-8-11(4-3-5-12(8)16)13-9(2)15(19)18-14(17-13)10-6-7-10/h3-5,10H,6-7H2,1-2H3,(H,17,18,19). The molecular weight excluding hydrogens is 259 g/mol. The lowest BCUT2D eigenvalue weighted by Gasteiger charge is -2.12. The second kappa shape index (κ2) is 4.53. The van der Waals surface area contributed by atoms with Gasteiger partial charge in [-0.3, -0.25) is 0 Å². The van der Waals surface area contributed by atoms with Gasteiger partial charge in [-0.1, -0.05) is 24.4 Å². The second-order valence-electron chi connectivity index (χ2n) is 5.11. The Labute approximate surface area is 116 Å². The van der Waals surface area contributed by atoms with E-state index in [2.05, 4.69) is 9.97 Å². The molecule has 2 nitrogen and oxygen atoms in total. The Morgan fingerprint density at radius 1 is 1.26 bits per heavy atom. The SMILES string of the molecule is Cc1c(F)cccc1-c1[nH]c(C2CC2)nc(=S)c1C. The molecule has 0 unspecified atom stereocenters. The molecule has 1 aliphatic rings. The van der Waals surface area contributed by atoms with Gasteiger partial charge < -0.3 is 4.98 Å². The summed E-state index contributed by atoms with van der Waals surface area (Å²) < 4.78 is 14.3. The lowest BCUT2D eigenvalue weighted by molar-refractivity contribution is 0.619. The fraction of sp³-hybridized carbons (Fsp3) is 0.333. The third-order valence-electron chi connectivity index (χ3n) is 3.67. The van der Waals surface area contributed by atoms with E-state index < -0.39 is 0 Å². The molecule has 2 aromatic rings. The highest BCUT2D eigenvalue weighted by atomic mass is 32.1. The number of nitrogens with one attached hydrogen (secondary N) is 1. The van der Waals surface area contributed by atoms with Crippen LogP contribution in [0.25, 0.3) is 11.3 Å². The zero-order valence-electron chi connectivity index (χ0n) is 11.0. The summed E-state index contributed by atoms with van der Waals surface area (Å²) in [6, 6.07) is 5.12. The quantitative estimate of drug-likeness (QED) is 0.820. The number of halogens is 1. The lowest BCUT2D eigenvalue weighted by Crippen LogP contribution is -2.01. The molecule has 0 aliphatic heterocycles. The zero-order valence-corrected chi connectivity index (χ0v) is 11.8.